The van der Waals surface area contributed by atoms with Gasteiger partial charge in [-0.25, -0.2) is 0 Å². The lowest BCUT2D eigenvalue weighted by molar-refractivity contribution is -0.113. The van der Waals surface area contributed by atoms with E-state index in [1.54, 1.807) is 0 Å². The van der Waals surface area contributed by atoms with Gasteiger partial charge in [0.15, 0.2) is 0 Å². The summed E-state index contributed by atoms with van der Waals surface area (Å²) in [6, 6.07) is 0.562. The third-order valence-electron chi connectivity index (χ3n) is 4.38. The molecule has 3 nitrogen and oxygen atoms in total. The molecule has 1 N–H and O–H groups in total. The van der Waals surface area contributed by atoms with Gasteiger partial charge in [0, 0.05) is 19.1 Å². The third kappa shape index (κ3) is 3.21. The van der Waals surface area contributed by atoms with Crippen LogP contribution in [-0.2, 0) is 4.74 Å². The zero-order chi connectivity index (χ0) is 12.5. The molecule has 1 saturated carbocycles. The standard InChI is InChI=1S/C14H27NO2/c1-4-11-5-6-12(16)9-13(11)15-7-8-17-14(2,3)10-15/h11-13,16H,4-10H2,1-3H3. The third-order valence-corrected chi connectivity index (χ3v) is 4.38. The van der Waals surface area contributed by atoms with Crippen molar-refractivity contribution in [3.63, 3.8) is 0 Å². The number of morpholine rings is 1. The highest BCUT2D eigenvalue weighted by molar-refractivity contribution is 4.90. The average molecular weight is 241 g/mol. The fourth-order valence-corrected chi connectivity index (χ4v) is 3.45. The molecule has 0 aromatic heterocycles. The fourth-order valence-electron chi connectivity index (χ4n) is 3.45. The maximum Gasteiger partial charge on any atom is 0.0753 e. The van der Waals surface area contributed by atoms with Gasteiger partial charge in [0.2, 0.25) is 0 Å². The van der Waals surface area contributed by atoms with E-state index in [9.17, 15) is 5.11 Å². The van der Waals surface area contributed by atoms with Crippen LogP contribution in [0, 0.1) is 5.92 Å². The molecule has 1 aliphatic heterocycles. The normalized spacial score (nSPS) is 39.2. The van der Waals surface area contributed by atoms with Crippen LogP contribution in [0.4, 0.5) is 0 Å². The number of hydrogen-bond donors (Lipinski definition) is 1. The van der Waals surface area contributed by atoms with E-state index < -0.39 is 0 Å². The predicted molar refractivity (Wildman–Crippen MR) is 69.0 cm³/mol. The first kappa shape index (κ1) is 13.3. The first-order chi connectivity index (χ1) is 8.02. The summed E-state index contributed by atoms with van der Waals surface area (Å²) in [5.74, 6) is 0.757. The van der Waals surface area contributed by atoms with Crippen LogP contribution < -0.4 is 0 Å². The summed E-state index contributed by atoms with van der Waals surface area (Å²) in [5.41, 5.74) is -0.0288. The summed E-state index contributed by atoms with van der Waals surface area (Å²) in [6.45, 7) is 9.47. The number of nitrogens with zero attached hydrogens (tertiary/aromatic N) is 1. The summed E-state index contributed by atoms with van der Waals surface area (Å²) in [5, 5.41) is 9.90. The maximum atomic E-state index is 9.90. The number of hydrogen-bond acceptors (Lipinski definition) is 3. The van der Waals surface area contributed by atoms with Crippen LogP contribution in [0.1, 0.15) is 46.5 Å². The monoisotopic (exact) mass is 241 g/mol. The molecule has 17 heavy (non-hydrogen) atoms. The van der Waals surface area contributed by atoms with Crippen molar-refractivity contribution in [3.05, 3.63) is 0 Å². The molecule has 3 unspecified atom stereocenters. The summed E-state index contributed by atoms with van der Waals surface area (Å²) in [4.78, 5) is 2.56. The van der Waals surface area contributed by atoms with Gasteiger partial charge in [0.1, 0.15) is 0 Å². The van der Waals surface area contributed by atoms with Crippen molar-refractivity contribution in [1.82, 2.24) is 4.90 Å². The van der Waals surface area contributed by atoms with Crippen LogP contribution in [0.25, 0.3) is 0 Å². The molecule has 2 fully saturated rings. The lowest BCUT2D eigenvalue weighted by atomic mass is 9.80. The van der Waals surface area contributed by atoms with Crippen molar-refractivity contribution in [2.45, 2.75) is 64.2 Å². The molecule has 0 amide bonds. The molecule has 1 saturated heterocycles. The first-order valence-corrected chi connectivity index (χ1v) is 7.08. The minimum atomic E-state index is -0.0891. The number of rotatable bonds is 2. The minimum absolute atomic E-state index is 0.0288. The largest absolute Gasteiger partial charge is 0.393 e. The van der Waals surface area contributed by atoms with Gasteiger partial charge in [0.05, 0.1) is 18.3 Å². The van der Waals surface area contributed by atoms with Crippen molar-refractivity contribution >= 4 is 0 Å². The van der Waals surface area contributed by atoms with E-state index in [4.69, 9.17) is 4.74 Å². The molecular formula is C14H27NO2. The summed E-state index contributed by atoms with van der Waals surface area (Å²) < 4.78 is 5.78. The van der Waals surface area contributed by atoms with Gasteiger partial charge in [-0.1, -0.05) is 13.3 Å². The van der Waals surface area contributed by atoms with E-state index in [1.807, 2.05) is 0 Å². The van der Waals surface area contributed by atoms with Gasteiger partial charge in [0.25, 0.3) is 0 Å². The molecule has 0 aromatic carbocycles. The Balaban J connectivity index is 2.02. The topological polar surface area (TPSA) is 32.7 Å². The van der Waals surface area contributed by atoms with Crippen LogP contribution in [-0.4, -0.2) is 47.4 Å². The minimum Gasteiger partial charge on any atom is -0.393 e. The lowest BCUT2D eigenvalue weighted by Crippen LogP contribution is -2.55. The molecule has 2 aliphatic rings. The van der Waals surface area contributed by atoms with Crippen LogP contribution in [0.3, 0.4) is 0 Å². The second-order valence-electron chi connectivity index (χ2n) is 6.28. The molecule has 1 heterocycles. The Bertz CT molecular complexity index is 255. The zero-order valence-corrected chi connectivity index (χ0v) is 11.5. The van der Waals surface area contributed by atoms with Gasteiger partial charge >= 0.3 is 0 Å². The Morgan fingerprint density at radius 3 is 2.76 bits per heavy atom. The molecule has 0 aromatic rings. The quantitative estimate of drug-likeness (QED) is 0.803. The van der Waals surface area contributed by atoms with E-state index >= 15 is 0 Å². The molecular weight excluding hydrogens is 214 g/mol. The van der Waals surface area contributed by atoms with Crippen LogP contribution in [0.15, 0.2) is 0 Å². The molecule has 3 atom stereocenters. The molecule has 3 heteroatoms. The highest BCUT2D eigenvalue weighted by Crippen LogP contribution is 2.33. The number of aliphatic hydroxyl groups is 1. The Hall–Kier alpha value is -0.120. The van der Waals surface area contributed by atoms with E-state index in [1.165, 1.54) is 12.8 Å². The van der Waals surface area contributed by atoms with E-state index in [-0.39, 0.29) is 11.7 Å². The predicted octanol–water partition coefficient (Wildman–Crippen LogP) is 2.04. The van der Waals surface area contributed by atoms with Crippen LogP contribution >= 0.6 is 0 Å². The van der Waals surface area contributed by atoms with Gasteiger partial charge in [-0.15, -0.1) is 0 Å². The van der Waals surface area contributed by atoms with Crippen molar-refractivity contribution in [3.8, 4) is 0 Å². The van der Waals surface area contributed by atoms with Crippen molar-refractivity contribution in [2.24, 2.45) is 5.92 Å². The van der Waals surface area contributed by atoms with Crippen LogP contribution in [0.2, 0.25) is 0 Å². The van der Waals surface area contributed by atoms with Crippen molar-refractivity contribution in [2.75, 3.05) is 19.7 Å². The van der Waals surface area contributed by atoms with E-state index in [0.29, 0.717) is 6.04 Å². The van der Waals surface area contributed by atoms with Crippen LogP contribution in [0.5, 0.6) is 0 Å². The Morgan fingerprint density at radius 1 is 1.35 bits per heavy atom. The summed E-state index contributed by atoms with van der Waals surface area (Å²) >= 11 is 0. The van der Waals surface area contributed by atoms with E-state index in [2.05, 4.69) is 25.7 Å². The summed E-state index contributed by atoms with van der Waals surface area (Å²) in [6.07, 6.45) is 4.26. The number of ether oxygens (including phenoxy) is 1. The molecule has 0 bridgehead atoms. The van der Waals surface area contributed by atoms with Crippen molar-refractivity contribution in [1.29, 1.82) is 0 Å². The fraction of sp³-hybridized carbons (Fsp3) is 1.00. The van der Waals surface area contributed by atoms with Gasteiger partial charge in [-0.2, -0.15) is 0 Å². The van der Waals surface area contributed by atoms with Crippen molar-refractivity contribution < 1.29 is 9.84 Å². The molecule has 0 spiro atoms. The smallest absolute Gasteiger partial charge is 0.0753 e. The zero-order valence-electron chi connectivity index (χ0n) is 11.5. The first-order valence-electron chi connectivity index (χ1n) is 7.08. The second-order valence-corrected chi connectivity index (χ2v) is 6.28. The lowest BCUT2D eigenvalue weighted by Gasteiger charge is -2.47. The maximum absolute atomic E-state index is 9.90. The second kappa shape index (κ2) is 5.25. The Morgan fingerprint density at radius 2 is 2.12 bits per heavy atom. The highest BCUT2D eigenvalue weighted by Gasteiger charge is 2.37. The van der Waals surface area contributed by atoms with Gasteiger partial charge < -0.3 is 9.84 Å². The average Bonchev–Trinajstić information content (AvgIpc) is 2.27. The van der Waals surface area contributed by atoms with E-state index in [0.717, 1.165) is 38.5 Å². The highest BCUT2D eigenvalue weighted by atomic mass is 16.5. The molecule has 100 valence electrons. The molecule has 2 rings (SSSR count). The Kier molecular flexibility index (Phi) is 4.11. The Labute approximate surface area is 105 Å². The molecule has 1 aliphatic carbocycles. The number of aliphatic hydroxyl groups excluding tert-OH is 1. The SMILES string of the molecule is CCC1CCC(O)CC1N1CCOC(C)(C)C1. The van der Waals surface area contributed by atoms with Gasteiger partial charge in [-0.05, 0) is 39.0 Å². The molecule has 0 radical (unpaired) electrons. The summed E-state index contributed by atoms with van der Waals surface area (Å²) in [7, 11) is 0. The van der Waals surface area contributed by atoms with Gasteiger partial charge in [-0.3, -0.25) is 4.90 Å².